The molecule has 0 aromatic carbocycles. The summed E-state index contributed by atoms with van der Waals surface area (Å²) in [5, 5.41) is 7.09. The van der Waals surface area contributed by atoms with Gasteiger partial charge < -0.3 is 10.2 Å². The maximum absolute atomic E-state index is 12.3. The summed E-state index contributed by atoms with van der Waals surface area (Å²) >= 11 is 1.68. The zero-order chi connectivity index (χ0) is 13.1. The lowest BCUT2D eigenvalue weighted by atomic mass is 10.1. The van der Waals surface area contributed by atoms with Crippen molar-refractivity contribution in [2.24, 2.45) is 0 Å². The number of thiophene rings is 1. The number of urea groups is 1. The number of hydrogen-bond donors (Lipinski definition) is 1. The van der Waals surface area contributed by atoms with E-state index in [9.17, 15) is 4.79 Å². The Morgan fingerprint density at radius 1 is 1.47 bits per heavy atom. The molecule has 0 saturated carbocycles. The van der Waals surface area contributed by atoms with Crippen LogP contribution in [0, 0.1) is 0 Å². The summed E-state index contributed by atoms with van der Waals surface area (Å²) in [6, 6.07) is 5.94. The molecule has 0 radical (unpaired) electrons. The molecule has 2 aromatic heterocycles. The number of hydrogen-bond acceptors (Lipinski definition) is 3. The molecule has 1 aliphatic rings. The number of carbonyl (C=O) groups excluding carboxylic acids is 1. The summed E-state index contributed by atoms with van der Waals surface area (Å²) in [4.78, 5) is 18.2. The second kappa shape index (κ2) is 5.40. The Morgan fingerprint density at radius 2 is 2.42 bits per heavy atom. The maximum atomic E-state index is 12.3. The molecule has 1 fully saturated rings. The molecule has 4 nitrogen and oxygen atoms in total. The fourth-order valence-electron chi connectivity index (χ4n) is 2.45. The molecule has 3 rings (SSSR count). The first-order valence-corrected chi connectivity index (χ1v) is 7.28. The van der Waals surface area contributed by atoms with Crippen molar-refractivity contribution in [2.45, 2.75) is 18.9 Å². The number of rotatable bonds is 2. The minimum absolute atomic E-state index is 0.0401. The zero-order valence-corrected chi connectivity index (χ0v) is 11.3. The van der Waals surface area contributed by atoms with Crippen LogP contribution in [0.3, 0.4) is 0 Å². The van der Waals surface area contributed by atoms with E-state index in [0.717, 1.165) is 25.1 Å². The number of anilines is 1. The van der Waals surface area contributed by atoms with E-state index >= 15 is 0 Å². The molecular formula is C14H15N3OS. The molecule has 0 unspecified atom stereocenters. The van der Waals surface area contributed by atoms with Crippen molar-refractivity contribution in [1.29, 1.82) is 0 Å². The minimum atomic E-state index is -0.0401. The second-order valence-corrected chi connectivity index (χ2v) is 5.36. The van der Waals surface area contributed by atoms with E-state index in [0.29, 0.717) is 0 Å². The molecule has 2 aromatic rings. The number of amides is 2. The fraction of sp³-hybridized carbons (Fsp3) is 0.286. The molecule has 5 heteroatoms. The van der Waals surface area contributed by atoms with Crippen LogP contribution in [0.15, 0.2) is 41.4 Å². The third kappa shape index (κ3) is 2.61. The number of likely N-dealkylation sites (tertiary alicyclic amines) is 1. The zero-order valence-electron chi connectivity index (χ0n) is 10.5. The fourth-order valence-corrected chi connectivity index (χ4v) is 3.16. The highest BCUT2D eigenvalue weighted by molar-refractivity contribution is 7.07. The number of aromatic nitrogens is 1. The van der Waals surface area contributed by atoms with E-state index in [1.54, 1.807) is 23.7 Å². The van der Waals surface area contributed by atoms with Crippen molar-refractivity contribution in [2.75, 3.05) is 11.9 Å². The molecule has 19 heavy (non-hydrogen) atoms. The molecule has 1 N–H and O–H groups in total. The molecule has 1 atom stereocenters. The van der Waals surface area contributed by atoms with Gasteiger partial charge in [-0.1, -0.05) is 0 Å². The van der Waals surface area contributed by atoms with Gasteiger partial charge in [-0.15, -0.1) is 0 Å². The van der Waals surface area contributed by atoms with Gasteiger partial charge in [0.2, 0.25) is 0 Å². The number of carbonyl (C=O) groups is 1. The number of nitrogens with zero attached hydrogens (tertiary/aromatic N) is 2. The van der Waals surface area contributed by atoms with Crippen molar-refractivity contribution >= 4 is 23.1 Å². The van der Waals surface area contributed by atoms with E-state index in [1.807, 2.05) is 17.0 Å². The van der Waals surface area contributed by atoms with Crippen LogP contribution in [-0.4, -0.2) is 22.5 Å². The molecular weight excluding hydrogens is 258 g/mol. The Bertz CT molecular complexity index is 541. The summed E-state index contributed by atoms with van der Waals surface area (Å²) in [6.45, 7) is 0.812. The Labute approximate surface area is 116 Å². The van der Waals surface area contributed by atoms with Crippen LogP contribution in [0.4, 0.5) is 10.5 Å². The van der Waals surface area contributed by atoms with Crippen molar-refractivity contribution in [1.82, 2.24) is 9.88 Å². The molecule has 0 aliphatic carbocycles. The van der Waals surface area contributed by atoms with Gasteiger partial charge in [-0.25, -0.2) is 4.79 Å². The quantitative estimate of drug-likeness (QED) is 0.910. The van der Waals surface area contributed by atoms with Crippen LogP contribution in [0.5, 0.6) is 0 Å². The largest absolute Gasteiger partial charge is 0.322 e. The molecule has 0 spiro atoms. The van der Waals surface area contributed by atoms with Gasteiger partial charge in [0.05, 0.1) is 17.9 Å². The maximum Gasteiger partial charge on any atom is 0.322 e. The van der Waals surface area contributed by atoms with Crippen molar-refractivity contribution in [3.8, 4) is 0 Å². The number of nitrogens with one attached hydrogen (secondary N) is 1. The topological polar surface area (TPSA) is 45.2 Å². The Morgan fingerprint density at radius 3 is 3.16 bits per heavy atom. The van der Waals surface area contributed by atoms with E-state index in [1.165, 1.54) is 5.56 Å². The van der Waals surface area contributed by atoms with E-state index < -0.39 is 0 Å². The van der Waals surface area contributed by atoms with Crippen LogP contribution in [0.1, 0.15) is 24.4 Å². The summed E-state index contributed by atoms with van der Waals surface area (Å²) in [7, 11) is 0. The molecule has 0 bridgehead atoms. The van der Waals surface area contributed by atoms with Crippen LogP contribution in [-0.2, 0) is 0 Å². The number of pyridine rings is 1. The lowest BCUT2D eigenvalue weighted by Crippen LogP contribution is -2.34. The van der Waals surface area contributed by atoms with Gasteiger partial charge in [0.1, 0.15) is 0 Å². The van der Waals surface area contributed by atoms with Gasteiger partial charge in [-0.05, 0) is 47.4 Å². The predicted octanol–water partition coefficient (Wildman–Crippen LogP) is 3.51. The summed E-state index contributed by atoms with van der Waals surface area (Å²) in [5.74, 6) is 0. The monoisotopic (exact) mass is 273 g/mol. The standard InChI is InChI=1S/C14H15N3OS/c18-14(16-12-3-1-6-15-9-12)17-7-2-4-13(17)11-5-8-19-10-11/h1,3,5-6,8-10,13H,2,4,7H2,(H,16,18)/t13-/m0/s1. The van der Waals surface area contributed by atoms with Gasteiger partial charge in [0.15, 0.2) is 0 Å². The average Bonchev–Trinajstić information content (AvgIpc) is 3.10. The Hall–Kier alpha value is -1.88. The van der Waals surface area contributed by atoms with E-state index in [2.05, 4.69) is 27.1 Å². The highest BCUT2D eigenvalue weighted by Crippen LogP contribution is 2.33. The SMILES string of the molecule is O=C(Nc1cccnc1)N1CCC[C@H]1c1ccsc1. The van der Waals surface area contributed by atoms with Crippen molar-refractivity contribution < 1.29 is 4.79 Å². The molecule has 1 saturated heterocycles. The Balaban J connectivity index is 1.72. The molecule has 1 aliphatic heterocycles. The normalized spacial score (nSPS) is 18.5. The van der Waals surface area contributed by atoms with Crippen LogP contribution in [0.2, 0.25) is 0 Å². The smallest absolute Gasteiger partial charge is 0.317 e. The van der Waals surface area contributed by atoms with Gasteiger partial charge in [-0.3, -0.25) is 4.98 Å². The van der Waals surface area contributed by atoms with E-state index in [-0.39, 0.29) is 12.1 Å². The van der Waals surface area contributed by atoms with Gasteiger partial charge in [0, 0.05) is 12.7 Å². The highest BCUT2D eigenvalue weighted by Gasteiger charge is 2.30. The summed E-state index contributed by atoms with van der Waals surface area (Å²) in [5.41, 5.74) is 1.98. The molecule has 3 heterocycles. The van der Waals surface area contributed by atoms with Gasteiger partial charge in [-0.2, -0.15) is 11.3 Å². The van der Waals surface area contributed by atoms with Gasteiger partial charge >= 0.3 is 6.03 Å². The lowest BCUT2D eigenvalue weighted by Gasteiger charge is -2.24. The molecule has 98 valence electrons. The third-order valence-electron chi connectivity index (χ3n) is 3.35. The van der Waals surface area contributed by atoms with Crippen LogP contribution < -0.4 is 5.32 Å². The minimum Gasteiger partial charge on any atom is -0.317 e. The molecule has 2 amide bonds. The summed E-state index contributed by atoms with van der Waals surface area (Å²) < 4.78 is 0. The first-order valence-electron chi connectivity index (χ1n) is 6.34. The lowest BCUT2D eigenvalue weighted by molar-refractivity contribution is 0.207. The van der Waals surface area contributed by atoms with E-state index in [4.69, 9.17) is 0 Å². The first kappa shape index (κ1) is 12.2. The average molecular weight is 273 g/mol. The second-order valence-electron chi connectivity index (χ2n) is 4.58. The van der Waals surface area contributed by atoms with Crippen LogP contribution in [0.25, 0.3) is 0 Å². The third-order valence-corrected chi connectivity index (χ3v) is 4.06. The van der Waals surface area contributed by atoms with Gasteiger partial charge in [0.25, 0.3) is 0 Å². The van der Waals surface area contributed by atoms with Crippen molar-refractivity contribution in [3.63, 3.8) is 0 Å². The first-order chi connectivity index (χ1) is 9.34. The highest BCUT2D eigenvalue weighted by atomic mass is 32.1. The predicted molar refractivity (Wildman–Crippen MR) is 76.3 cm³/mol. The Kier molecular flexibility index (Phi) is 3.46. The van der Waals surface area contributed by atoms with Crippen molar-refractivity contribution in [3.05, 3.63) is 46.9 Å². The van der Waals surface area contributed by atoms with Crippen LogP contribution >= 0.6 is 11.3 Å². The summed E-state index contributed by atoms with van der Waals surface area (Å²) in [6.07, 6.45) is 5.45.